The quantitative estimate of drug-likeness (QED) is 0.0138. The molecule has 10 aromatic heterocycles. The van der Waals surface area contributed by atoms with E-state index in [0.717, 1.165) is 36.0 Å². The summed E-state index contributed by atoms with van der Waals surface area (Å²) >= 11 is 7.80. The minimum Gasteiger partial charge on any atom is -0.481 e. The Morgan fingerprint density at radius 1 is 0.461 bits per heavy atom. The molecule has 4 amide bonds. The van der Waals surface area contributed by atoms with Crippen molar-refractivity contribution < 1.29 is 81.9 Å². The largest absolute Gasteiger partial charge is 0.481 e. The molecule has 3 aromatic carbocycles. The molecule has 37 nitrogen and oxygen atoms in total. The van der Waals surface area contributed by atoms with E-state index in [1.54, 1.807) is 150 Å². The first kappa shape index (κ1) is 95.4. The van der Waals surface area contributed by atoms with Gasteiger partial charge in [0, 0.05) is 73.5 Å². The fourth-order valence-electron chi connectivity index (χ4n) is 11.8. The van der Waals surface area contributed by atoms with Gasteiger partial charge in [0.15, 0.2) is 34.5 Å². The summed E-state index contributed by atoms with van der Waals surface area (Å²) in [6, 6.07) is 46.7. The highest BCUT2D eigenvalue weighted by Crippen LogP contribution is 2.38. The lowest BCUT2D eigenvalue weighted by Gasteiger charge is -2.19. The molecule has 0 aliphatic carbocycles. The van der Waals surface area contributed by atoms with Crippen LogP contribution in [0.5, 0.6) is 34.5 Å². The van der Waals surface area contributed by atoms with Crippen LogP contribution in [0, 0.1) is 20.2 Å². The maximum absolute atomic E-state index is 12.8. The molecule has 0 spiro atoms. The van der Waals surface area contributed by atoms with E-state index in [9.17, 15) is 73.3 Å². The van der Waals surface area contributed by atoms with Crippen molar-refractivity contribution in [1.29, 1.82) is 0 Å². The van der Waals surface area contributed by atoms with Gasteiger partial charge < -0.3 is 104 Å². The van der Waals surface area contributed by atoms with Crippen molar-refractivity contribution in [2.45, 2.75) is 84.0 Å². The molecule has 128 heavy (non-hydrogen) atoms. The molecule has 13 heterocycles. The molecule has 0 saturated heterocycles. The van der Waals surface area contributed by atoms with E-state index >= 15 is 0 Å². The van der Waals surface area contributed by atoms with E-state index in [0.29, 0.717) is 84.1 Å². The zero-order valence-corrected chi connectivity index (χ0v) is 72.3. The average Bonchev–Trinajstić information content (AvgIpc) is 1.80. The van der Waals surface area contributed by atoms with Crippen molar-refractivity contribution in [2.24, 2.45) is 5.73 Å². The predicted octanol–water partition coefficient (Wildman–Crippen LogP) is 12.8. The second-order valence-corrected chi connectivity index (χ2v) is 31.9. The van der Waals surface area contributed by atoms with E-state index < -0.39 is 62.7 Å². The number of carbonyl (C=O) groups is 5. The van der Waals surface area contributed by atoms with Crippen LogP contribution in [0.15, 0.2) is 258 Å². The molecule has 0 saturated carbocycles. The molecule has 0 bridgehead atoms. The van der Waals surface area contributed by atoms with Crippen molar-refractivity contribution >= 4 is 115 Å². The number of carbonyl (C=O) groups excluding carboxylic acids is 4. The second kappa shape index (κ2) is 48.4. The van der Waals surface area contributed by atoms with Crippen molar-refractivity contribution in [3.63, 3.8) is 0 Å². The number of nitrogens with two attached hydrogens (primary N) is 2. The Labute approximate surface area is 747 Å². The van der Waals surface area contributed by atoms with Gasteiger partial charge in [-0.3, -0.25) is 58.6 Å². The topological polar surface area (TPSA) is 507 Å². The number of H-pyrrole nitrogens is 1. The SMILES string of the molecule is CCOC(=O)C[C@H](N)c1ccc2c(c1)OCO2.CCOC(=O)C[C@H](NC(=O)Nc1cccn(Cc2cccs2)c1=O)c1ccc2c(c1)OCO2.Nc1cccn(Cc2cccs2)c1=O.O=C(O)C[C@H](NC(=O)Nc1cccn(Cc2cccs2)c1=O)c1ccc2c(c1)OCO2.O=c1[nH]cccc1[N+](=O)[O-].O=c1c([N+](=O)[O-])cccn1Cc1cccs1.OCc1cccs1. The fourth-order valence-corrected chi connectivity index (χ4v) is 15.2. The third kappa shape index (κ3) is 28.9. The summed E-state index contributed by atoms with van der Waals surface area (Å²) in [6.07, 6.45) is 7.69. The third-order valence-electron chi connectivity index (χ3n) is 17.9. The summed E-state index contributed by atoms with van der Waals surface area (Å²) < 4.78 is 47.6. The van der Waals surface area contributed by atoms with Gasteiger partial charge >= 0.3 is 52.5 Å². The first-order valence-corrected chi connectivity index (χ1v) is 43.1. The van der Waals surface area contributed by atoms with Crippen LogP contribution in [0.2, 0.25) is 0 Å². The number of ether oxygens (including phenoxy) is 8. The minimum absolute atomic E-state index is 0.0850. The van der Waals surface area contributed by atoms with Crippen molar-refractivity contribution in [1.82, 2.24) is 33.9 Å². The smallest absolute Gasteiger partial charge is 0.334 e. The third-order valence-corrected chi connectivity index (χ3v) is 22.2. The molecule has 3 atom stereocenters. The molecule has 3 aliphatic heterocycles. The maximum atomic E-state index is 12.8. The molecule has 13 aromatic rings. The highest BCUT2D eigenvalue weighted by atomic mass is 32.1. The van der Waals surface area contributed by atoms with Gasteiger partial charge in [0.05, 0.1) is 92.9 Å². The Morgan fingerprint density at radius 2 is 0.828 bits per heavy atom. The highest BCUT2D eigenvalue weighted by Gasteiger charge is 2.27. The van der Waals surface area contributed by atoms with Gasteiger partial charge in [-0.1, -0.05) is 48.5 Å². The predicted molar refractivity (Wildman–Crippen MR) is 481 cm³/mol. The number of pyridine rings is 5. The number of aliphatic hydroxyl groups excluding tert-OH is 1. The number of hydrogen-bond donors (Lipinski definition) is 9. The number of aromatic nitrogens is 5. The second-order valence-electron chi connectivity index (χ2n) is 26.7. The van der Waals surface area contributed by atoms with Crippen LogP contribution in [0.4, 0.5) is 38.0 Å². The van der Waals surface area contributed by atoms with E-state index in [1.165, 1.54) is 72.9 Å². The normalized spacial score (nSPS) is 12.0. The summed E-state index contributed by atoms with van der Waals surface area (Å²) in [5.74, 6) is 1.69. The number of anilines is 3. The van der Waals surface area contributed by atoms with Crippen molar-refractivity contribution in [2.75, 3.05) is 50.0 Å². The van der Waals surface area contributed by atoms with Gasteiger partial charge in [-0.15, -0.1) is 56.7 Å². The number of hydrogen-bond acceptors (Lipinski definition) is 30. The molecule has 42 heteroatoms. The summed E-state index contributed by atoms with van der Waals surface area (Å²) in [4.78, 5) is 146. The molecule has 16 rings (SSSR count). The molecule has 11 N–H and O–H groups in total. The first-order valence-electron chi connectivity index (χ1n) is 38.7. The van der Waals surface area contributed by atoms with E-state index in [-0.39, 0.29) is 98.6 Å². The Balaban J connectivity index is 0.000000164. The maximum Gasteiger partial charge on any atom is 0.334 e. The number of rotatable bonds is 26. The average molecular weight is 1850 g/mol. The van der Waals surface area contributed by atoms with Crippen LogP contribution in [-0.4, -0.2) is 107 Å². The van der Waals surface area contributed by atoms with Crippen LogP contribution in [0.1, 0.15) is 92.3 Å². The summed E-state index contributed by atoms with van der Waals surface area (Å²) in [5.41, 5.74) is 11.1. The lowest BCUT2D eigenvalue weighted by atomic mass is 10.0. The van der Waals surface area contributed by atoms with E-state index in [2.05, 4.69) is 26.3 Å². The molecular weight excluding hydrogens is 1760 g/mol. The van der Waals surface area contributed by atoms with Gasteiger partial charge in [0.1, 0.15) is 11.4 Å². The monoisotopic (exact) mass is 1840 g/mol. The van der Waals surface area contributed by atoms with Gasteiger partial charge in [-0.05, 0) is 173 Å². The molecule has 0 unspecified atom stereocenters. The minimum atomic E-state index is -1.08. The molecule has 668 valence electrons. The number of nitro groups is 2. The Bertz CT molecular complexity index is 6180. The standard InChI is InChI=1S/C23H23N3O6S.C21H19N3O6S.C12H15NO4.C10H8N2O3S.C10H10N2OS.C5H4N2O3.C5H6OS/c1-2-30-21(27)12-18(15-7-8-19-20(11-15)32-14-31-19)25-23(29)24-17-6-3-9-26(22(17)28)13-16-5-4-10-33-16;25-19(26)10-16(13-5-6-17-18(9-13)30-12-29-17)23-21(28)22-15-4-1-7-24(20(15)27)11-14-3-2-8-31-14;1-2-15-12(14)6-9(13)8-3-4-10-11(5-8)17-7-16-10;13-10-9(12(14)15)4-1-5-11(10)7-8-3-2-6-16-8;11-9-4-1-5-12(10(9)13)7-8-3-2-6-14-8;8-5-4(7(9)10)2-1-3-6-5;6-4-5-2-1-3-7-5/h3-11,18H,2,12-14H2,1H3,(H2,24,25,29);1-9,16H,10-12H2,(H,25,26)(H2,22,23,28);3-5,9H,2,6-7,13H2,1H3;1-6H,7H2;1-6H,7,11H2;1-3H,(H,6,8);1-3,6H,4H2/t18-;16-;9-;;;;/m000..../s1. The fraction of sp³-hybridized carbons (Fsp3) is 0.209. The van der Waals surface area contributed by atoms with E-state index in [4.69, 9.17) is 54.5 Å². The molecule has 0 radical (unpaired) electrons. The summed E-state index contributed by atoms with van der Waals surface area (Å²) in [5, 5.41) is 58.5. The van der Waals surface area contributed by atoms with Crippen LogP contribution >= 0.6 is 56.7 Å². The number of fused-ring (bicyclic) bond motifs is 3. The first-order chi connectivity index (χ1) is 61.8. The number of aliphatic hydroxyl groups is 1. The van der Waals surface area contributed by atoms with Crippen molar-refractivity contribution in [3.8, 4) is 34.5 Å². The van der Waals surface area contributed by atoms with Crippen molar-refractivity contribution in [3.05, 3.63) is 347 Å². The van der Waals surface area contributed by atoms with Crippen LogP contribution in [-0.2, 0) is 56.6 Å². The van der Waals surface area contributed by atoms with Crippen LogP contribution in [0.25, 0.3) is 0 Å². The number of carboxylic acid groups (broad SMARTS) is 1. The number of benzene rings is 3. The number of carboxylic acids is 1. The van der Waals surface area contributed by atoms with Crippen LogP contribution < -0.4 is 89.0 Å². The summed E-state index contributed by atoms with van der Waals surface area (Å²) in [6.45, 7) is 6.46. The number of amides is 4. The van der Waals surface area contributed by atoms with Crippen LogP contribution in [0.3, 0.4) is 0 Å². The zero-order chi connectivity index (χ0) is 91.4. The Hall–Kier alpha value is -14.8. The number of aromatic amines is 1. The zero-order valence-electron chi connectivity index (χ0n) is 68.2. The highest BCUT2D eigenvalue weighted by molar-refractivity contribution is 7.11. The molecule has 3 aliphatic rings. The Kier molecular flexibility index (Phi) is 36.1. The number of nitrogen functional groups attached to an aromatic ring is 1. The number of esters is 2. The molecular formula is C86H85N13O24S5. The number of aliphatic carboxylic acids is 1. The number of urea groups is 2. The van der Waals surface area contributed by atoms with Gasteiger partial charge in [0.2, 0.25) is 20.4 Å². The van der Waals surface area contributed by atoms with Gasteiger partial charge in [-0.25, -0.2) is 9.59 Å². The summed E-state index contributed by atoms with van der Waals surface area (Å²) in [7, 11) is 0. The van der Waals surface area contributed by atoms with Gasteiger partial charge in [0.25, 0.3) is 16.7 Å². The molecule has 0 fully saturated rings. The lowest BCUT2D eigenvalue weighted by Crippen LogP contribution is -2.36. The lowest BCUT2D eigenvalue weighted by molar-refractivity contribution is -0.386. The number of thiophene rings is 5. The van der Waals surface area contributed by atoms with E-state index in [1.807, 2.05) is 93.6 Å². The van der Waals surface area contributed by atoms with Gasteiger partial charge in [-0.2, -0.15) is 0 Å². The number of nitrogens with zero attached hydrogens (tertiary/aromatic N) is 6. The Morgan fingerprint density at radius 3 is 1.21 bits per heavy atom. The number of nitrogens with one attached hydrogen (secondary N) is 5.